The fraction of sp³-hybridized carbons (Fsp3) is 0.833. The Labute approximate surface area is 102 Å². The highest BCUT2D eigenvalue weighted by Gasteiger charge is 2.27. The first-order valence-electron chi connectivity index (χ1n) is 6.36. The van der Waals surface area contributed by atoms with E-state index in [1.165, 1.54) is 0 Å². The van der Waals surface area contributed by atoms with Gasteiger partial charge in [-0.05, 0) is 18.8 Å². The number of nitrogens with zero attached hydrogens (tertiary/aromatic N) is 1. The quantitative estimate of drug-likeness (QED) is 0.770. The van der Waals surface area contributed by atoms with Crippen molar-refractivity contribution in [3.8, 4) is 0 Å². The number of hydrogen-bond donors (Lipinski definition) is 2. The van der Waals surface area contributed by atoms with Crippen molar-refractivity contribution >= 4 is 12.0 Å². The van der Waals surface area contributed by atoms with Gasteiger partial charge in [-0.1, -0.05) is 26.7 Å². The number of carbonyl (C=O) groups excluding carboxylic acids is 1. The van der Waals surface area contributed by atoms with Crippen molar-refractivity contribution in [2.24, 2.45) is 5.92 Å². The lowest BCUT2D eigenvalue weighted by Crippen LogP contribution is -2.47. The Kier molecular flexibility index (Phi) is 5.25. The zero-order chi connectivity index (χ0) is 12.8. The van der Waals surface area contributed by atoms with Crippen molar-refractivity contribution in [1.29, 1.82) is 0 Å². The van der Waals surface area contributed by atoms with Crippen LogP contribution < -0.4 is 5.32 Å². The van der Waals surface area contributed by atoms with E-state index in [1.54, 1.807) is 4.90 Å². The van der Waals surface area contributed by atoms with Gasteiger partial charge >= 0.3 is 12.0 Å². The molecule has 98 valence electrons. The molecular formula is C12H22N2O3. The predicted molar refractivity (Wildman–Crippen MR) is 64.8 cm³/mol. The molecule has 0 aromatic carbocycles. The second-order valence-electron chi connectivity index (χ2n) is 4.64. The largest absolute Gasteiger partial charge is 0.480 e. The first-order valence-corrected chi connectivity index (χ1v) is 6.36. The van der Waals surface area contributed by atoms with Crippen LogP contribution in [-0.2, 0) is 4.79 Å². The van der Waals surface area contributed by atoms with Crippen molar-refractivity contribution in [3.63, 3.8) is 0 Å². The summed E-state index contributed by atoms with van der Waals surface area (Å²) in [6.45, 7) is 5.51. The van der Waals surface area contributed by atoms with Gasteiger partial charge in [0.15, 0.2) is 0 Å². The highest BCUT2D eigenvalue weighted by Crippen LogP contribution is 2.18. The van der Waals surface area contributed by atoms with Crippen LogP contribution in [0, 0.1) is 5.92 Å². The number of rotatable bonds is 5. The molecule has 1 unspecified atom stereocenters. The van der Waals surface area contributed by atoms with Gasteiger partial charge in [-0.25, -0.2) is 9.59 Å². The van der Waals surface area contributed by atoms with E-state index >= 15 is 0 Å². The summed E-state index contributed by atoms with van der Waals surface area (Å²) in [6.07, 6.45) is 3.32. The molecule has 1 aliphatic rings. The molecule has 2 atom stereocenters. The molecule has 1 fully saturated rings. The lowest BCUT2D eigenvalue weighted by molar-refractivity contribution is -0.139. The Morgan fingerprint density at radius 2 is 2.18 bits per heavy atom. The van der Waals surface area contributed by atoms with Gasteiger partial charge in [0.25, 0.3) is 0 Å². The van der Waals surface area contributed by atoms with Gasteiger partial charge in [-0.2, -0.15) is 0 Å². The van der Waals surface area contributed by atoms with Crippen LogP contribution in [0.5, 0.6) is 0 Å². The normalized spacial score (nSPS) is 21.3. The number of carbonyl (C=O) groups is 2. The molecule has 0 aromatic rings. The molecule has 1 aliphatic heterocycles. The second-order valence-corrected chi connectivity index (χ2v) is 4.64. The third-order valence-corrected chi connectivity index (χ3v) is 3.32. The van der Waals surface area contributed by atoms with Crippen molar-refractivity contribution in [1.82, 2.24) is 10.2 Å². The summed E-state index contributed by atoms with van der Waals surface area (Å²) in [5.41, 5.74) is 0. The van der Waals surface area contributed by atoms with Crippen LogP contribution in [0.25, 0.3) is 0 Å². The van der Waals surface area contributed by atoms with E-state index in [4.69, 9.17) is 5.11 Å². The summed E-state index contributed by atoms with van der Waals surface area (Å²) in [5.74, 6) is -0.387. The second kappa shape index (κ2) is 6.47. The summed E-state index contributed by atoms with van der Waals surface area (Å²) in [5, 5.41) is 11.6. The van der Waals surface area contributed by atoms with Gasteiger partial charge in [0.2, 0.25) is 0 Å². The van der Waals surface area contributed by atoms with Gasteiger partial charge in [-0.15, -0.1) is 0 Å². The Morgan fingerprint density at radius 1 is 1.47 bits per heavy atom. The molecule has 0 spiro atoms. The molecule has 0 aliphatic carbocycles. The van der Waals surface area contributed by atoms with Crippen LogP contribution in [-0.4, -0.2) is 41.1 Å². The monoisotopic (exact) mass is 242 g/mol. The van der Waals surface area contributed by atoms with E-state index in [0.29, 0.717) is 12.3 Å². The maximum atomic E-state index is 11.8. The predicted octanol–water partition coefficient (Wildman–Crippen LogP) is 1.68. The van der Waals surface area contributed by atoms with Crippen molar-refractivity contribution in [2.45, 2.75) is 45.6 Å². The van der Waals surface area contributed by atoms with Crippen molar-refractivity contribution in [3.05, 3.63) is 0 Å². The molecule has 5 heteroatoms. The van der Waals surface area contributed by atoms with Crippen LogP contribution in [0.4, 0.5) is 4.79 Å². The topological polar surface area (TPSA) is 69.6 Å². The molecule has 2 amide bonds. The van der Waals surface area contributed by atoms with E-state index in [0.717, 1.165) is 32.4 Å². The zero-order valence-electron chi connectivity index (χ0n) is 10.6. The molecule has 0 saturated carbocycles. The molecular weight excluding hydrogens is 220 g/mol. The lowest BCUT2D eigenvalue weighted by Gasteiger charge is -2.20. The first-order chi connectivity index (χ1) is 8.08. The summed E-state index contributed by atoms with van der Waals surface area (Å²) < 4.78 is 0. The van der Waals surface area contributed by atoms with Crippen molar-refractivity contribution < 1.29 is 14.7 Å². The maximum Gasteiger partial charge on any atom is 0.326 e. The maximum absolute atomic E-state index is 11.8. The van der Waals surface area contributed by atoms with Gasteiger partial charge in [-0.3, -0.25) is 0 Å². The molecule has 1 saturated heterocycles. The third-order valence-electron chi connectivity index (χ3n) is 3.32. The fourth-order valence-electron chi connectivity index (χ4n) is 2.14. The molecule has 1 rings (SSSR count). The number of carboxylic acids is 1. The summed E-state index contributed by atoms with van der Waals surface area (Å²) in [7, 11) is 0. The highest BCUT2D eigenvalue weighted by molar-refractivity contribution is 5.82. The fourth-order valence-corrected chi connectivity index (χ4v) is 2.14. The molecule has 17 heavy (non-hydrogen) atoms. The van der Waals surface area contributed by atoms with Crippen molar-refractivity contribution in [2.75, 3.05) is 13.1 Å². The van der Waals surface area contributed by atoms with Crippen LogP contribution in [0.1, 0.15) is 39.5 Å². The zero-order valence-corrected chi connectivity index (χ0v) is 10.6. The minimum Gasteiger partial charge on any atom is -0.480 e. The lowest BCUT2D eigenvalue weighted by atomic mass is 10.1. The van der Waals surface area contributed by atoms with E-state index in [1.807, 2.05) is 6.92 Å². The Morgan fingerprint density at radius 3 is 2.65 bits per heavy atom. The van der Waals surface area contributed by atoms with Crippen LogP contribution >= 0.6 is 0 Å². The molecule has 0 aromatic heterocycles. The van der Waals surface area contributed by atoms with E-state index < -0.39 is 12.0 Å². The average molecular weight is 242 g/mol. The van der Waals surface area contributed by atoms with Crippen LogP contribution in [0.2, 0.25) is 0 Å². The SMILES string of the molecule is CCC[C@H](NC(=O)N1CCC(CC)C1)C(=O)O. The number of aliphatic carboxylic acids is 1. The molecule has 0 radical (unpaired) electrons. The molecule has 2 N–H and O–H groups in total. The Bertz CT molecular complexity index is 281. The number of hydrogen-bond acceptors (Lipinski definition) is 2. The number of likely N-dealkylation sites (tertiary alicyclic amines) is 1. The van der Waals surface area contributed by atoms with Crippen LogP contribution in [0.3, 0.4) is 0 Å². The molecule has 0 bridgehead atoms. The number of amides is 2. The van der Waals surface area contributed by atoms with E-state index in [9.17, 15) is 9.59 Å². The smallest absolute Gasteiger partial charge is 0.326 e. The standard InChI is InChI=1S/C12H22N2O3/c1-3-5-10(11(15)16)13-12(17)14-7-6-9(4-2)8-14/h9-10H,3-8H2,1-2H3,(H,13,17)(H,15,16)/t9?,10-/m0/s1. The summed E-state index contributed by atoms with van der Waals surface area (Å²) in [6, 6.07) is -0.991. The summed E-state index contributed by atoms with van der Waals surface area (Å²) >= 11 is 0. The Balaban J connectivity index is 2.45. The average Bonchev–Trinajstić information content (AvgIpc) is 2.76. The number of nitrogens with one attached hydrogen (secondary N) is 1. The number of carboxylic acid groups (broad SMARTS) is 1. The highest BCUT2D eigenvalue weighted by atomic mass is 16.4. The van der Waals surface area contributed by atoms with E-state index in [2.05, 4.69) is 12.2 Å². The van der Waals surface area contributed by atoms with Crippen LogP contribution in [0.15, 0.2) is 0 Å². The van der Waals surface area contributed by atoms with E-state index in [-0.39, 0.29) is 6.03 Å². The first kappa shape index (κ1) is 13.8. The minimum atomic E-state index is -0.952. The van der Waals surface area contributed by atoms with Gasteiger partial charge in [0, 0.05) is 13.1 Å². The van der Waals surface area contributed by atoms with Gasteiger partial charge < -0.3 is 15.3 Å². The number of urea groups is 1. The van der Waals surface area contributed by atoms with Gasteiger partial charge in [0.1, 0.15) is 6.04 Å². The van der Waals surface area contributed by atoms with Gasteiger partial charge in [0.05, 0.1) is 0 Å². The molecule has 1 heterocycles. The Hall–Kier alpha value is -1.26. The minimum absolute atomic E-state index is 0.234. The summed E-state index contributed by atoms with van der Waals surface area (Å²) in [4.78, 5) is 24.5. The molecule has 5 nitrogen and oxygen atoms in total. The third kappa shape index (κ3) is 3.91.